The molecule has 1 heterocycles. The molecule has 142 valence electrons. The Hall–Kier alpha value is -2.56. The molecule has 0 aromatic heterocycles. The molecule has 1 aliphatic rings. The van der Waals surface area contributed by atoms with Crippen LogP contribution in [0.3, 0.4) is 0 Å². The van der Waals surface area contributed by atoms with Gasteiger partial charge in [0.15, 0.2) is 6.23 Å². The summed E-state index contributed by atoms with van der Waals surface area (Å²) in [4.78, 5) is 16.3. The second-order valence-electron chi connectivity index (χ2n) is 6.84. The number of carbonyl (C=O) groups is 1. The van der Waals surface area contributed by atoms with Gasteiger partial charge in [0.05, 0.1) is 18.4 Å². The smallest absolute Gasteiger partial charge is 0.235 e. The predicted molar refractivity (Wildman–Crippen MR) is 113 cm³/mol. The molecule has 2 atom stereocenters. The van der Waals surface area contributed by atoms with Crippen molar-refractivity contribution in [2.24, 2.45) is 0 Å². The number of rotatable bonds is 6. The number of ether oxygens (including phenoxy) is 1. The van der Waals surface area contributed by atoms with Crippen molar-refractivity contribution in [1.29, 1.82) is 0 Å². The Morgan fingerprint density at radius 2 is 1.50 bits per heavy atom. The van der Waals surface area contributed by atoms with Crippen molar-refractivity contribution in [1.82, 2.24) is 4.90 Å². The Bertz CT molecular complexity index is 886. The van der Waals surface area contributed by atoms with E-state index in [0.717, 1.165) is 16.9 Å². The number of thioether (sulfide) groups is 1. The summed E-state index contributed by atoms with van der Waals surface area (Å²) in [5.41, 5.74) is 2.24. The summed E-state index contributed by atoms with van der Waals surface area (Å²) in [6.07, 6.45) is 0.477. The van der Waals surface area contributed by atoms with Crippen LogP contribution in [0.25, 0.3) is 0 Å². The summed E-state index contributed by atoms with van der Waals surface area (Å²) < 4.78 is 6.11. The minimum Gasteiger partial charge on any atom is -0.352 e. The normalized spacial score (nSPS) is 18.9. The molecule has 0 bridgehead atoms. The molecule has 1 aliphatic heterocycles. The summed E-state index contributed by atoms with van der Waals surface area (Å²) in [5, 5.41) is 0. The average molecular weight is 390 g/mol. The predicted octanol–water partition coefficient (Wildman–Crippen LogP) is 4.95. The van der Waals surface area contributed by atoms with Crippen LogP contribution in [-0.2, 0) is 16.0 Å². The number of benzene rings is 3. The van der Waals surface area contributed by atoms with E-state index in [1.54, 1.807) is 11.8 Å². The number of hydrogen-bond donors (Lipinski definition) is 0. The molecule has 3 aromatic carbocycles. The minimum absolute atomic E-state index is 0.0384. The molecule has 1 fully saturated rings. The van der Waals surface area contributed by atoms with E-state index < -0.39 is 0 Å². The summed E-state index contributed by atoms with van der Waals surface area (Å²) in [5.74, 6) is 0.517. The molecule has 0 saturated carbocycles. The highest BCUT2D eigenvalue weighted by Gasteiger charge is 2.38. The van der Waals surface area contributed by atoms with Crippen LogP contribution in [0.4, 0.5) is 0 Å². The Kier molecular flexibility index (Phi) is 6.10. The first-order valence-electron chi connectivity index (χ1n) is 9.51. The van der Waals surface area contributed by atoms with Crippen molar-refractivity contribution in [3.8, 4) is 0 Å². The molecular weight excluding hydrogens is 366 g/mol. The number of nitrogens with zero attached hydrogens (tertiary/aromatic N) is 1. The van der Waals surface area contributed by atoms with Gasteiger partial charge < -0.3 is 9.64 Å². The van der Waals surface area contributed by atoms with Crippen molar-refractivity contribution in [3.63, 3.8) is 0 Å². The highest BCUT2D eigenvalue weighted by Crippen LogP contribution is 2.33. The van der Waals surface area contributed by atoms with Gasteiger partial charge in [-0.05, 0) is 24.1 Å². The van der Waals surface area contributed by atoms with E-state index in [4.69, 9.17) is 4.74 Å². The zero-order valence-corrected chi connectivity index (χ0v) is 16.4. The fourth-order valence-electron chi connectivity index (χ4n) is 3.54. The molecule has 4 rings (SSSR count). The van der Waals surface area contributed by atoms with Crippen molar-refractivity contribution in [3.05, 3.63) is 102 Å². The van der Waals surface area contributed by atoms with Crippen LogP contribution in [0.15, 0.2) is 95.9 Å². The molecule has 4 heteroatoms. The van der Waals surface area contributed by atoms with Crippen molar-refractivity contribution >= 4 is 17.7 Å². The van der Waals surface area contributed by atoms with E-state index in [0.29, 0.717) is 12.4 Å². The number of amides is 1. The summed E-state index contributed by atoms with van der Waals surface area (Å²) >= 11 is 1.57. The lowest BCUT2D eigenvalue weighted by Gasteiger charge is -2.28. The monoisotopic (exact) mass is 389 g/mol. The lowest BCUT2D eigenvalue weighted by Crippen LogP contribution is -2.40. The van der Waals surface area contributed by atoms with Crippen LogP contribution in [0, 0.1) is 0 Å². The van der Waals surface area contributed by atoms with Crippen LogP contribution in [0.5, 0.6) is 0 Å². The van der Waals surface area contributed by atoms with Gasteiger partial charge in [0.1, 0.15) is 0 Å². The highest BCUT2D eigenvalue weighted by atomic mass is 32.2. The van der Waals surface area contributed by atoms with Gasteiger partial charge in [0.25, 0.3) is 0 Å². The summed E-state index contributed by atoms with van der Waals surface area (Å²) in [6.45, 7) is 0.552. The largest absolute Gasteiger partial charge is 0.352 e. The Labute approximate surface area is 170 Å². The maximum Gasteiger partial charge on any atom is 0.235 e. The van der Waals surface area contributed by atoms with Crippen LogP contribution in [0.1, 0.15) is 17.4 Å². The van der Waals surface area contributed by atoms with E-state index >= 15 is 0 Å². The van der Waals surface area contributed by atoms with Crippen LogP contribution >= 0.6 is 11.8 Å². The molecule has 0 aliphatic carbocycles. The molecule has 0 N–H and O–H groups in total. The molecule has 0 unspecified atom stereocenters. The van der Waals surface area contributed by atoms with Crippen LogP contribution in [0.2, 0.25) is 0 Å². The summed E-state index contributed by atoms with van der Waals surface area (Å²) in [6, 6.07) is 30.4. The van der Waals surface area contributed by atoms with E-state index in [2.05, 4.69) is 12.1 Å². The number of hydrogen-bond acceptors (Lipinski definition) is 3. The molecule has 1 saturated heterocycles. The standard InChI is InChI=1S/C24H23NO2S/c26-23(18-28-22-14-8-3-9-15-22)25-21(16-19-10-4-1-5-11-19)17-27-24(25)20-12-6-2-7-13-20/h1-15,21,24H,16-18H2/t21-,24-/m1/s1. The van der Waals surface area contributed by atoms with Gasteiger partial charge >= 0.3 is 0 Å². The first-order valence-corrected chi connectivity index (χ1v) is 10.5. The third-order valence-corrected chi connectivity index (χ3v) is 5.88. The molecule has 28 heavy (non-hydrogen) atoms. The first kappa shape index (κ1) is 18.8. The Morgan fingerprint density at radius 1 is 0.893 bits per heavy atom. The zero-order chi connectivity index (χ0) is 19.2. The fraction of sp³-hybridized carbons (Fsp3) is 0.208. The maximum atomic E-state index is 13.2. The zero-order valence-electron chi connectivity index (χ0n) is 15.6. The quantitative estimate of drug-likeness (QED) is 0.559. The molecule has 0 radical (unpaired) electrons. The van der Waals surface area contributed by atoms with E-state index in [-0.39, 0.29) is 18.2 Å². The Morgan fingerprint density at radius 3 is 2.18 bits per heavy atom. The lowest BCUT2D eigenvalue weighted by molar-refractivity contribution is -0.135. The highest BCUT2D eigenvalue weighted by molar-refractivity contribution is 8.00. The van der Waals surface area contributed by atoms with Crippen LogP contribution < -0.4 is 0 Å². The number of carbonyl (C=O) groups excluding carboxylic acids is 1. The van der Waals surface area contributed by atoms with Gasteiger partial charge in [-0.3, -0.25) is 4.79 Å². The van der Waals surface area contributed by atoms with Gasteiger partial charge in [-0.1, -0.05) is 78.9 Å². The van der Waals surface area contributed by atoms with Gasteiger partial charge in [-0.2, -0.15) is 0 Å². The third kappa shape index (κ3) is 4.46. The van der Waals surface area contributed by atoms with Crippen molar-refractivity contribution < 1.29 is 9.53 Å². The van der Waals surface area contributed by atoms with E-state index in [1.165, 1.54) is 5.56 Å². The lowest BCUT2D eigenvalue weighted by atomic mass is 10.0. The van der Waals surface area contributed by atoms with Crippen molar-refractivity contribution in [2.75, 3.05) is 12.4 Å². The van der Waals surface area contributed by atoms with Crippen LogP contribution in [-0.4, -0.2) is 29.2 Å². The van der Waals surface area contributed by atoms with Gasteiger partial charge in [-0.15, -0.1) is 11.8 Å². The van der Waals surface area contributed by atoms with E-state index in [9.17, 15) is 4.79 Å². The maximum absolute atomic E-state index is 13.2. The Balaban J connectivity index is 1.53. The van der Waals surface area contributed by atoms with Crippen molar-refractivity contribution in [2.45, 2.75) is 23.6 Å². The van der Waals surface area contributed by atoms with Gasteiger partial charge in [0.2, 0.25) is 5.91 Å². The third-order valence-electron chi connectivity index (χ3n) is 4.88. The molecule has 1 amide bonds. The average Bonchev–Trinajstić information content (AvgIpc) is 3.18. The minimum atomic E-state index is -0.321. The molecule has 3 nitrogen and oxygen atoms in total. The molecule has 3 aromatic rings. The fourth-order valence-corrected chi connectivity index (χ4v) is 4.33. The second kappa shape index (κ2) is 9.09. The molecule has 0 spiro atoms. The van der Waals surface area contributed by atoms with Gasteiger partial charge in [-0.25, -0.2) is 0 Å². The first-order chi connectivity index (χ1) is 13.8. The van der Waals surface area contributed by atoms with E-state index in [1.807, 2.05) is 83.8 Å². The summed E-state index contributed by atoms with van der Waals surface area (Å²) in [7, 11) is 0. The second-order valence-corrected chi connectivity index (χ2v) is 7.89. The molecular formula is C24H23NO2S. The topological polar surface area (TPSA) is 29.5 Å². The van der Waals surface area contributed by atoms with Gasteiger partial charge in [0, 0.05) is 10.5 Å². The SMILES string of the molecule is O=C(CSc1ccccc1)N1[C@H](Cc2ccccc2)CO[C@@H]1c1ccccc1.